The predicted octanol–water partition coefficient (Wildman–Crippen LogP) is 2.03. The molecule has 1 aliphatic rings. The summed E-state index contributed by atoms with van der Waals surface area (Å²) in [6.45, 7) is 5.10. The first kappa shape index (κ1) is 12.2. The first-order valence-electron chi connectivity index (χ1n) is 6.25. The van der Waals surface area contributed by atoms with Gasteiger partial charge in [0.05, 0.1) is 18.8 Å². The third-order valence-corrected chi connectivity index (χ3v) is 3.36. The molecule has 1 aliphatic heterocycles. The van der Waals surface area contributed by atoms with Crippen molar-refractivity contribution in [3.63, 3.8) is 0 Å². The highest BCUT2D eigenvalue weighted by molar-refractivity contribution is 5.03. The van der Waals surface area contributed by atoms with E-state index < -0.39 is 0 Å². The van der Waals surface area contributed by atoms with Crippen LogP contribution in [0.5, 0.6) is 0 Å². The van der Waals surface area contributed by atoms with E-state index in [9.17, 15) is 0 Å². The lowest BCUT2D eigenvalue weighted by atomic mass is 10.0. The molecule has 1 aromatic rings. The van der Waals surface area contributed by atoms with Crippen LogP contribution in [0.2, 0.25) is 0 Å². The maximum atomic E-state index is 5.40. The number of hydrogen-bond donors (Lipinski definition) is 1. The molecule has 1 N–H and O–H groups in total. The van der Waals surface area contributed by atoms with E-state index in [0.29, 0.717) is 6.04 Å². The lowest BCUT2D eigenvalue weighted by Gasteiger charge is -2.32. The first-order valence-corrected chi connectivity index (χ1v) is 6.25. The van der Waals surface area contributed by atoms with E-state index in [1.165, 1.54) is 0 Å². The van der Waals surface area contributed by atoms with Crippen molar-refractivity contribution in [1.29, 1.82) is 0 Å². The number of likely N-dealkylation sites (tertiary alicyclic amines) is 1. The first-order chi connectivity index (χ1) is 8.29. The van der Waals surface area contributed by atoms with Crippen LogP contribution in [0.25, 0.3) is 0 Å². The van der Waals surface area contributed by atoms with Gasteiger partial charge in [-0.3, -0.25) is 4.90 Å². The SMILES string of the molecule is C#CCN1CCC(NC(C)c2ccco2)CC1. The molecule has 3 heteroatoms. The average Bonchev–Trinajstić information content (AvgIpc) is 2.86. The highest BCUT2D eigenvalue weighted by Gasteiger charge is 2.20. The smallest absolute Gasteiger partial charge is 0.120 e. The lowest BCUT2D eigenvalue weighted by Crippen LogP contribution is -2.43. The van der Waals surface area contributed by atoms with Gasteiger partial charge < -0.3 is 9.73 Å². The lowest BCUT2D eigenvalue weighted by molar-refractivity contribution is 0.207. The third-order valence-electron chi connectivity index (χ3n) is 3.36. The molecule has 0 aromatic carbocycles. The van der Waals surface area contributed by atoms with Gasteiger partial charge in [-0.05, 0) is 31.9 Å². The number of terminal acetylenes is 1. The van der Waals surface area contributed by atoms with Gasteiger partial charge in [-0.25, -0.2) is 0 Å². The molecule has 0 saturated carbocycles. The highest BCUT2D eigenvalue weighted by Crippen LogP contribution is 2.17. The standard InChI is InChI=1S/C14H20N2O/c1-3-8-16-9-6-13(7-10-16)15-12(2)14-5-4-11-17-14/h1,4-5,11-13,15H,6-10H2,2H3. The summed E-state index contributed by atoms with van der Waals surface area (Å²) in [5.74, 6) is 3.72. The van der Waals surface area contributed by atoms with E-state index in [4.69, 9.17) is 10.8 Å². The maximum absolute atomic E-state index is 5.40. The molecule has 92 valence electrons. The van der Waals surface area contributed by atoms with Crippen LogP contribution in [-0.4, -0.2) is 30.6 Å². The molecule has 1 atom stereocenters. The Labute approximate surface area is 103 Å². The molecule has 17 heavy (non-hydrogen) atoms. The van der Waals surface area contributed by atoms with Crippen LogP contribution in [0.1, 0.15) is 31.6 Å². The summed E-state index contributed by atoms with van der Waals surface area (Å²) in [6, 6.07) is 4.81. The van der Waals surface area contributed by atoms with Crippen molar-refractivity contribution in [2.24, 2.45) is 0 Å². The van der Waals surface area contributed by atoms with E-state index in [0.717, 1.165) is 38.2 Å². The molecule has 0 aliphatic carbocycles. The van der Waals surface area contributed by atoms with Crippen LogP contribution >= 0.6 is 0 Å². The molecule has 2 rings (SSSR count). The zero-order valence-corrected chi connectivity index (χ0v) is 10.4. The monoisotopic (exact) mass is 232 g/mol. The summed E-state index contributed by atoms with van der Waals surface area (Å²) in [4.78, 5) is 2.33. The topological polar surface area (TPSA) is 28.4 Å². The minimum atomic E-state index is 0.286. The fourth-order valence-electron chi connectivity index (χ4n) is 2.36. The number of piperidine rings is 1. The van der Waals surface area contributed by atoms with Crippen molar-refractivity contribution in [2.45, 2.75) is 31.8 Å². The van der Waals surface area contributed by atoms with E-state index in [2.05, 4.69) is 23.1 Å². The molecule has 1 fully saturated rings. The predicted molar refractivity (Wildman–Crippen MR) is 68.6 cm³/mol. The van der Waals surface area contributed by atoms with Gasteiger partial charge in [-0.15, -0.1) is 6.42 Å². The molecule has 1 unspecified atom stereocenters. The highest BCUT2D eigenvalue weighted by atomic mass is 16.3. The average molecular weight is 232 g/mol. The van der Waals surface area contributed by atoms with E-state index in [1.54, 1.807) is 6.26 Å². The second-order valence-electron chi connectivity index (χ2n) is 4.66. The zero-order chi connectivity index (χ0) is 12.1. The molecule has 0 bridgehead atoms. The summed E-state index contributed by atoms with van der Waals surface area (Å²) < 4.78 is 5.40. The quantitative estimate of drug-likeness (QED) is 0.805. The Balaban J connectivity index is 1.77. The third kappa shape index (κ3) is 3.36. The number of hydrogen-bond acceptors (Lipinski definition) is 3. The summed E-state index contributed by atoms with van der Waals surface area (Å²) in [5, 5.41) is 3.61. The van der Waals surface area contributed by atoms with E-state index >= 15 is 0 Å². The number of rotatable bonds is 4. The fraction of sp³-hybridized carbons (Fsp3) is 0.571. The summed E-state index contributed by atoms with van der Waals surface area (Å²) >= 11 is 0. The van der Waals surface area contributed by atoms with Gasteiger partial charge >= 0.3 is 0 Å². The van der Waals surface area contributed by atoms with Crippen LogP contribution in [0, 0.1) is 12.3 Å². The molecule has 2 heterocycles. The van der Waals surface area contributed by atoms with Crippen LogP contribution in [0.4, 0.5) is 0 Å². The fourth-order valence-corrected chi connectivity index (χ4v) is 2.36. The molecule has 0 spiro atoms. The van der Waals surface area contributed by atoms with E-state index in [1.807, 2.05) is 12.1 Å². The summed E-state index contributed by atoms with van der Waals surface area (Å²) in [6.07, 6.45) is 9.36. The van der Waals surface area contributed by atoms with Gasteiger partial charge in [-0.1, -0.05) is 5.92 Å². The van der Waals surface area contributed by atoms with Crippen molar-refractivity contribution in [1.82, 2.24) is 10.2 Å². The van der Waals surface area contributed by atoms with Crippen LogP contribution in [0.15, 0.2) is 22.8 Å². The molecule has 1 aromatic heterocycles. The number of nitrogens with zero attached hydrogens (tertiary/aromatic N) is 1. The van der Waals surface area contributed by atoms with Crippen LogP contribution < -0.4 is 5.32 Å². The van der Waals surface area contributed by atoms with Gasteiger partial charge in [0.25, 0.3) is 0 Å². The zero-order valence-electron chi connectivity index (χ0n) is 10.4. The van der Waals surface area contributed by atoms with Crippen molar-refractivity contribution < 1.29 is 4.42 Å². The number of nitrogens with one attached hydrogen (secondary N) is 1. The second kappa shape index (κ2) is 5.90. The summed E-state index contributed by atoms with van der Waals surface area (Å²) in [5.41, 5.74) is 0. The van der Waals surface area contributed by atoms with Crippen molar-refractivity contribution in [2.75, 3.05) is 19.6 Å². The Morgan fingerprint density at radius 2 is 2.35 bits per heavy atom. The Bertz CT molecular complexity index is 358. The molecular weight excluding hydrogens is 212 g/mol. The minimum absolute atomic E-state index is 0.286. The van der Waals surface area contributed by atoms with Crippen LogP contribution in [-0.2, 0) is 0 Å². The van der Waals surface area contributed by atoms with Gasteiger partial charge in [0.1, 0.15) is 5.76 Å². The van der Waals surface area contributed by atoms with Gasteiger partial charge in [-0.2, -0.15) is 0 Å². The normalized spacial score (nSPS) is 20.0. The minimum Gasteiger partial charge on any atom is -0.468 e. The molecule has 0 radical (unpaired) electrons. The van der Waals surface area contributed by atoms with Gasteiger partial charge in [0, 0.05) is 19.1 Å². The Morgan fingerprint density at radius 3 is 2.94 bits per heavy atom. The van der Waals surface area contributed by atoms with E-state index in [-0.39, 0.29) is 6.04 Å². The summed E-state index contributed by atoms with van der Waals surface area (Å²) in [7, 11) is 0. The van der Waals surface area contributed by atoms with Gasteiger partial charge in [0.2, 0.25) is 0 Å². The Hall–Kier alpha value is -1.24. The van der Waals surface area contributed by atoms with Crippen molar-refractivity contribution in [3.8, 4) is 12.3 Å². The molecular formula is C14H20N2O. The molecule has 0 amide bonds. The molecule has 1 saturated heterocycles. The maximum Gasteiger partial charge on any atom is 0.120 e. The second-order valence-corrected chi connectivity index (χ2v) is 4.66. The largest absolute Gasteiger partial charge is 0.468 e. The molecule has 3 nitrogen and oxygen atoms in total. The van der Waals surface area contributed by atoms with Crippen LogP contribution in [0.3, 0.4) is 0 Å². The Kier molecular flexibility index (Phi) is 4.24. The van der Waals surface area contributed by atoms with Gasteiger partial charge in [0.15, 0.2) is 0 Å². The Morgan fingerprint density at radius 1 is 1.59 bits per heavy atom. The van der Waals surface area contributed by atoms with Crippen molar-refractivity contribution in [3.05, 3.63) is 24.2 Å². The number of furan rings is 1. The van der Waals surface area contributed by atoms with Crippen molar-refractivity contribution >= 4 is 0 Å².